The maximum atomic E-state index is 14.3. The Morgan fingerprint density at radius 3 is 2.38 bits per heavy atom. The first kappa shape index (κ1) is 22.4. The van der Waals surface area contributed by atoms with E-state index in [9.17, 15) is 14.4 Å². The lowest BCUT2D eigenvalue weighted by atomic mass is 9.75. The first-order valence-electron chi connectivity index (χ1n) is 12.4. The van der Waals surface area contributed by atoms with Crippen LogP contribution in [0.25, 0.3) is 16.6 Å². The fourth-order valence-electron chi connectivity index (χ4n) is 6.57. The van der Waals surface area contributed by atoms with Crippen molar-refractivity contribution >= 4 is 40.0 Å². The molecule has 184 valence electrons. The number of benzene rings is 3. The summed E-state index contributed by atoms with van der Waals surface area (Å²) in [6.45, 7) is 4.08. The Balaban J connectivity index is 1.53. The topological polar surface area (TPSA) is 84.3 Å². The third kappa shape index (κ3) is 2.76. The van der Waals surface area contributed by atoms with Crippen LogP contribution in [0.5, 0.6) is 0 Å². The van der Waals surface area contributed by atoms with Crippen LogP contribution in [0.2, 0.25) is 5.02 Å². The van der Waals surface area contributed by atoms with E-state index in [1.54, 1.807) is 34.9 Å². The minimum absolute atomic E-state index is 0.0437. The Hall–Kier alpha value is -3.81. The second-order valence-electron chi connectivity index (χ2n) is 10.3. The maximum Gasteiger partial charge on any atom is 0.266 e. The minimum Gasteiger partial charge on any atom is -0.296 e. The van der Waals surface area contributed by atoms with Gasteiger partial charge >= 0.3 is 0 Å². The molecule has 7 rings (SSSR count). The fraction of sp³-hybridized carbons (Fsp3) is 0.241. The Morgan fingerprint density at radius 1 is 0.919 bits per heavy atom. The lowest BCUT2D eigenvalue weighted by molar-refractivity contribution is -0.123. The molecule has 0 saturated carbocycles. The smallest absolute Gasteiger partial charge is 0.266 e. The third-order valence-electron chi connectivity index (χ3n) is 8.10. The molecule has 7 nitrogen and oxygen atoms in total. The van der Waals surface area contributed by atoms with Crippen molar-refractivity contribution in [1.29, 1.82) is 0 Å². The van der Waals surface area contributed by atoms with Crippen LogP contribution in [-0.2, 0) is 15.1 Å². The summed E-state index contributed by atoms with van der Waals surface area (Å²) >= 11 is 6.09. The summed E-state index contributed by atoms with van der Waals surface area (Å²) in [6.07, 6.45) is 0. The third-order valence-corrected chi connectivity index (χ3v) is 8.35. The normalized spacial score (nSPS) is 25.8. The van der Waals surface area contributed by atoms with E-state index >= 15 is 0 Å². The Bertz CT molecular complexity index is 1700. The second kappa shape index (κ2) is 7.60. The zero-order valence-electron chi connectivity index (χ0n) is 20.2. The zero-order chi connectivity index (χ0) is 25.6. The van der Waals surface area contributed by atoms with Gasteiger partial charge in [-0.1, -0.05) is 55.8 Å². The minimum atomic E-state index is -1.13. The molecule has 3 aromatic carbocycles. The van der Waals surface area contributed by atoms with Gasteiger partial charge in [0, 0.05) is 16.6 Å². The number of hydrogen-bond acceptors (Lipinski definition) is 5. The van der Waals surface area contributed by atoms with Crippen molar-refractivity contribution in [3.63, 3.8) is 0 Å². The summed E-state index contributed by atoms with van der Waals surface area (Å²) in [7, 11) is 0. The molecule has 2 amide bonds. The van der Waals surface area contributed by atoms with Gasteiger partial charge in [-0.25, -0.2) is 9.88 Å². The van der Waals surface area contributed by atoms with Crippen LogP contribution in [0.15, 0.2) is 77.6 Å². The van der Waals surface area contributed by atoms with Crippen LogP contribution < -0.4 is 15.8 Å². The van der Waals surface area contributed by atoms with Gasteiger partial charge in [-0.15, -0.1) is 0 Å². The number of amides is 2. The first-order chi connectivity index (χ1) is 17.8. The number of halogens is 1. The van der Waals surface area contributed by atoms with Gasteiger partial charge < -0.3 is 0 Å². The molecule has 4 heterocycles. The van der Waals surface area contributed by atoms with Gasteiger partial charge in [0.2, 0.25) is 11.8 Å². The molecule has 4 aromatic rings. The fourth-order valence-corrected chi connectivity index (χ4v) is 6.70. The van der Waals surface area contributed by atoms with Crippen molar-refractivity contribution < 1.29 is 9.59 Å². The molecule has 37 heavy (non-hydrogen) atoms. The number of rotatable bonds is 2. The summed E-state index contributed by atoms with van der Waals surface area (Å²) in [4.78, 5) is 48.4. The number of nitrogens with one attached hydrogen (secondary N) is 1. The van der Waals surface area contributed by atoms with Gasteiger partial charge in [-0.05, 0) is 48.4 Å². The number of imide groups is 1. The van der Waals surface area contributed by atoms with Crippen molar-refractivity contribution in [3.05, 3.63) is 99.6 Å². The molecule has 3 aliphatic rings. The summed E-state index contributed by atoms with van der Waals surface area (Å²) < 4.78 is 1.62. The van der Waals surface area contributed by atoms with E-state index in [4.69, 9.17) is 16.6 Å². The average molecular weight is 511 g/mol. The van der Waals surface area contributed by atoms with Crippen LogP contribution >= 0.6 is 11.6 Å². The largest absolute Gasteiger partial charge is 0.296 e. The Kier molecular flexibility index (Phi) is 4.60. The van der Waals surface area contributed by atoms with Crippen LogP contribution in [0, 0.1) is 17.8 Å². The molecule has 1 spiro atoms. The standard InChI is InChI=1S/C29H23ClN4O3/c1-15(2)24-22-23(27(37)33(26(22)36)17-13-11-16(30)12-14-17)29(32-24)19-8-4-6-10-21(19)34-25(35)18-7-3-5-9-20(18)31-28(29)34/h3-15,22-24,32H,1-2H3/t22-,23-,24-,29-/m1/s1. The predicted octanol–water partition coefficient (Wildman–Crippen LogP) is 4.03. The second-order valence-corrected chi connectivity index (χ2v) is 10.8. The summed E-state index contributed by atoms with van der Waals surface area (Å²) in [5, 5.41) is 4.73. The molecule has 3 aliphatic heterocycles. The number of hydrogen-bond donors (Lipinski definition) is 1. The highest BCUT2D eigenvalue weighted by molar-refractivity contribution is 6.31. The number of carbonyl (C=O) groups excluding carboxylic acids is 2. The van der Waals surface area contributed by atoms with Crippen LogP contribution in [-0.4, -0.2) is 27.4 Å². The number of nitrogens with zero attached hydrogens (tertiary/aromatic N) is 3. The number of anilines is 1. The summed E-state index contributed by atoms with van der Waals surface area (Å²) in [6, 6.07) is 21.2. The average Bonchev–Trinajstić information content (AvgIpc) is 3.49. The van der Waals surface area contributed by atoms with E-state index in [1.807, 2.05) is 56.3 Å². The lowest BCUT2D eigenvalue weighted by Crippen LogP contribution is -2.51. The van der Waals surface area contributed by atoms with E-state index < -0.39 is 17.4 Å². The maximum absolute atomic E-state index is 14.3. The number of carbonyl (C=O) groups is 2. The monoisotopic (exact) mass is 510 g/mol. The van der Waals surface area contributed by atoms with Gasteiger partial charge in [-0.3, -0.25) is 24.3 Å². The number of para-hydroxylation sites is 2. The highest BCUT2D eigenvalue weighted by atomic mass is 35.5. The van der Waals surface area contributed by atoms with Crippen LogP contribution in [0.4, 0.5) is 5.69 Å². The van der Waals surface area contributed by atoms with Crippen LogP contribution in [0.1, 0.15) is 25.2 Å². The molecule has 1 N–H and O–H groups in total. The predicted molar refractivity (Wildman–Crippen MR) is 141 cm³/mol. The molecular weight excluding hydrogens is 488 g/mol. The van der Waals surface area contributed by atoms with Crippen molar-refractivity contribution in [3.8, 4) is 5.69 Å². The quantitative estimate of drug-likeness (QED) is 0.412. The number of aromatic nitrogens is 2. The van der Waals surface area contributed by atoms with E-state index in [1.165, 1.54) is 4.90 Å². The highest BCUT2D eigenvalue weighted by Crippen LogP contribution is 2.56. The van der Waals surface area contributed by atoms with E-state index in [0.29, 0.717) is 33.1 Å². The molecule has 0 aliphatic carbocycles. The highest BCUT2D eigenvalue weighted by Gasteiger charge is 2.70. The SMILES string of the molecule is CC(C)[C@H]1N[C@]2(c3ccccc3-n3c2nc2ccccc2c3=O)[C@H]2C(=O)N(c3ccc(Cl)cc3)C(=O)[C@@H]12. The first-order valence-corrected chi connectivity index (χ1v) is 12.8. The lowest BCUT2D eigenvalue weighted by Gasteiger charge is -2.32. The molecule has 2 fully saturated rings. The van der Waals surface area contributed by atoms with Crippen molar-refractivity contribution in [2.75, 3.05) is 4.90 Å². The molecule has 0 radical (unpaired) electrons. The van der Waals surface area contributed by atoms with Gasteiger partial charge in [0.15, 0.2) is 0 Å². The molecule has 2 saturated heterocycles. The molecule has 8 heteroatoms. The Morgan fingerprint density at radius 2 is 1.62 bits per heavy atom. The molecule has 1 aromatic heterocycles. The van der Waals surface area contributed by atoms with Crippen LogP contribution in [0.3, 0.4) is 0 Å². The van der Waals surface area contributed by atoms with Gasteiger partial charge in [0.1, 0.15) is 11.4 Å². The van der Waals surface area contributed by atoms with Gasteiger partial charge in [0.25, 0.3) is 5.56 Å². The van der Waals surface area contributed by atoms with E-state index in [0.717, 1.165) is 5.56 Å². The molecule has 4 atom stereocenters. The van der Waals surface area contributed by atoms with Gasteiger partial charge in [-0.2, -0.15) is 0 Å². The molecule has 0 unspecified atom stereocenters. The summed E-state index contributed by atoms with van der Waals surface area (Å²) in [5.41, 5.74) is 1.19. The Labute approximate surface area is 217 Å². The zero-order valence-corrected chi connectivity index (χ0v) is 20.9. The van der Waals surface area contributed by atoms with Crippen molar-refractivity contribution in [2.24, 2.45) is 17.8 Å². The van der Waals surface area contributed by atoms with Crippen molar-refractivity contribution in [1.82, 2.24) is 14.9 Å². The molecule has 0 bridgehead atoms. The van der Waals surface area contributed by atoms with E-state index in [-0.39, 0.29) is 29.3 Å². The summed E-state index contributed by atoms with van der Waals surface area (Å²) in [5.74, 6) is -1.45. The van der Waals surface area contributed by atoms with Gasteiger partial charge in [0.05, 0.1) is 34.1 Å². The van der Waals surface area contributed by atoms with Crippen molar-refractivity contribution in [2.45, 2.75) is 25.4 Å². The molecular formula is C29H23ClN4O3. The number of fused-ring (bicyclic) bond motifs is 8. The van der Waals surface area contributed by atoms with E-state index in [2.05, 4.69) is 5.32 Å².